The van der Waals surface area contributed by atoms with Gasteiger partial charge in [-0.2, -0.15) is 0 Å². The first kappa shape index (κ1) is 13.6. The van der Waals surface area contributed by atoms with Crippen LogP contribution < -0.4 is 5.73 Å². The fourth-order valence-corrected chi connectivity index (χ4v) is 1.85. The number of nitrogen functional groups attached to an aromatic ring is 1. The highest BCUT2D eigenvalue weighted by Crippen LogP contribution is 2.31. The van der Waals surface area contributed by atoms with Gasteiger partial charge in [0.1, 0.15) is 5.82 Å². The maximum Gasteiger partial charge on any atom is 0.417 e. The molecule has 0 aliphatic heterocycles. The lowest BCUT2D eigenvalue weighted by molar-refractivity contribution is 0.0601. The van der Waals surface area contributed by atoms with Gasteiger partial charge >= 0.3 is 12.1 Å². The molecule has 1 heterocycles. The first-order valence-corrected chi connectivity index (χ1v) is 5.54. The maximum atomic E-state index is 14.1. The number of benzene rings is 1. The molecule has 20 heavy (non-hydrogen) atoms. The van der Waals surface area contributed by atoms with E-state index in [-0.39, 0.29) is 16.7 Å². The molecule has 0 atom stereocenters. The number of nitrogens with zero attached hydrogens (tertiary/aromatic N) is 1. The second kappa shape index (κ2) is 5.04. The molecular weight excluding hydrogens is 267 g/mol. The van der Waals surface area contributed by atoms with Gasteiger partial charge in [0, 0.05) is 17.3 Å². The molecule has 2 rings (SSSR count). The Balaban J connectivity index is 2.67. The van der Waals surface area contributed by atoms with Crippen molar-refractivity contribution in [2.75, 3.05) is 12.8 Å². The van der Waals surface area contributed by atoms with Crippen LogP contribution in [0.5, 0.6) is 0 Å². The summed E-state index contributed by atoms with van der Waals surface area (Å²) >= 11 is 0. The first-order chi connectivity index (χ1) is 9.47. The number of halogens is 1. The Labute approximate surface area is 113 Å². The lowest BCUT2D eigenvalue weighted by Crippen LogP contribution is -2.10. The molecule has 1 aromatic carbocycles. The molecule has 2 aromatic rings. The highest BCUT2D eigenvalue weighted by molar-refractivity contribution is 5.98. The van der Waals surface area contributed by atoms with Crippen molar-refractivity contribution in [1.82, 2.24) is 4.57 Å². The minimum absolute atomic E-state index is 0.0779. The molecule has 0 saturated heterocycles. The number of carbonyl (C=O) groups is 2. The highest BCUT2D eigenvalue weighted by Gasteiger charge is 2.22. The summed E-state index contributed by atoms with van der Waals surface area (Å²) in [5, 5.41) is 8.90. The predicted molar refractivity (Wildman–Crippen MR) is 69.0 cm³/mol. The van der Waals surface area contributed by atoms with Gasteiger partial charge < -0.3 is 15.6 Å². The van der Waals surface area contributed by atoms with Crippen molar-refractivity contribution in [3.05, 3.63) is 41.8 Å². The summed E-state index contributed by atoms with van der Waals surface area (Å²) in [7, 11) is 1.20. The van der Waals surface area contributed by atoms with Gasteiger partial charge in [-0.3, -0.25) is 0 Å². The molecular formula is C13H11FN2O4. The number of esters is 1. The van der Waals surface area contributed by atoms with Crippen molar-refractivity contribution < 1.29 is 23.8 Å². The summed E-state index contributed by atoms with van der Waals surface area (Å²) < 4.78 is 19.2. The van der Waals surface area contributed by atoms with E-state index in [1.54, 1.807) is 12.1 Å². The first-order valence-electron chi connectivity index (χ1n) is 5.54. The van der Waals surface area contributed by atoms with Crippen LogP contribution in [0.2, 0.25) is 0 Å². The quantitative estimate of drug-likeness (QED) is 0.821. The zero-order valence-corrected chi connectivity index (χ0v) is 10.5. The molecule has 7 heteroatoms. The molecule has 6 nitrogen and oxygen atoms in total. The zero-order chi connectivity index (χ0) is 14.9. The molecule has 0 spiro atoms. The van der Waals surface area contributed by atoms with Gasteiger partial charge in [-0.1, -0.05) is 18.2 Å². The lowest BCUT2D eigenvalue weighted by atomic mass is 10.0. The van der Waals surface area contributed by atoms with E-state index in [0.29, 0.717) is 4.57 Å². The Morgan fingerprint density at radius 1 is 1.30 bits per heavy atom. The average molecular weight is 278 g/mol. The third kappa shape index (κ3) is 2.09. The summed E-state index contributed by atoms with van der Waals surface area (Å²) in [6.45, 7) is 0. The molecule has 0 saturated carbocycles. The molecule has 104 valence electrons. The van der Waals surface area contributed by atoms with Gasteiger partial charge in [-0.25, -0.2) is 18.5 Å². The molecule has 0 fully saturated rings. The molecule has 3 N–H and O–H groups in total. The number of carbonyl (C=O) groups excluding carboxylic acids is 1. The number of hydrogen-bond acceptors (Lipinski definition) is 4. The van der Waals surface area contributed by atoms with Crippen LogP contribution in [0.25, 0.3) is 11.1 Å². The SMILES string of the molecule is COC(=O)c1ccccc1-c1cn(C(=O)O)c(N)c1F. The Morgan fingerprint density at radius 3 is 2.50 bits per heavy atom. The Morgan fingerprint density at radius 2 is 1.95 bits per heavy atom. The van der Waals surface area contributed by atoms with E-state index in [2.05, 4.69) is 4.74 Å². The average Bonchev–Trinajstić information content (AvgIpc) is 2.74. The van der Waals surface area contributed by atoms with E-state index in [4.69, 9.17) is 10.8 Å². The number of carboxylic acid groups (broad SMARTS) is 1. The fourth-order valence-electron chi connectivity index (χ4n) is 1.85. The predicted octanol–water partition coefficient (Wildman–Crippen LogP) is 2.19. The molecule has 0 radical (unpaired) electrons. The van der Waals surface area contributed by atoms with Crippen molar-refractivity contribution in [2.45, 2.75) is 0 Å². The molecule has 0 amide bonds. The van der Waals surface area contributed by atoms with Gasteiger partial charge in [-0.05, 0) is 6.07 Å². The van der Waals surface area contributed by atoms with Crippen molar-refractivity contribution in [2.24, 2.45) is 0 Å². The van der Waals surface area contributed by atoms with E-state index < -0.39 is 23.7 Å². The van der Waals surface area contributed by atoms with Crippen LogP contribution in [-0.4, -0.2) is 28.8 Å². The Hall–Kier alpha value is -2.83. The summed E-state index contributed by atoms with van der Waals surface area (Å²) in [5.41, 5.74) is 5.65. The number of nitrogens with two attached hydrogens (primary N) is 1. The van der Waals surface area contributed by atoms with Crippen LogP contribution in [0.1, 0.15) is 10.4 Å². The molecule has 0 aliphatic carbocycles. The van der Waals surface area contributed by atoms with Crippen molar-refractivity contribution >= 4 is 17.9 Å². The largest absolute Gasteiger partial charge is 0.465 e. The number of hydrogen-bond donors (Lipinski definition) is 2. The standard InChI is InChI=1S/C13H11FN2O4/c1-20-12(17)8-5-3-2-4-7(8)9-6-16(13(18)19)11(15)10(9)14/h2-6H,15H2,1H3,(H,18,19). The maximum absolute atomic E-state index is 14.1. The Bertz CT molecular complexity index is 694. The van der Waals surface area contributed by atoms with Crippen LogP contribution in [-0.2, 0) is 4.74 Å². The van der Waals surface area contributed by atoms with Crippen LogP contribution in [0.3, 0.4) is 0 Å². The molecule has 1 aromatic heterocycles. The van der Waals surface area contributed by atoms with Gasteiger partial charge in [-0.15, -0.1) is 0 Å². The van der Waals surface area contributed by atoms with Crippen LogP contribution in [0.15, 0.2) is 30.5 Å². The normalized spacial score (nSPS) is 10.3. The van der Waals surface area contributed by atoms with Crippen LogP contribution in [0.4, 0.5) is 15.0 Å². The number of ether oxygens (including phenoxy) is 1. The van der Waals surface area contributed by atoms with E-state index in [9.17, 15) is 14.0 Å². The third-order valence-electron chi connectivity index (χ3n) is 2.81. The lowest BCUT2D eigenvalue weighted by Gasteiger charge is -2.05. The van der Waals surface area contributed by atoms with Crippen molar-refractivity contribution in [3.63, 3.8) is 0 Å². The van der Waals surface area contributed by atoms with Crippen molar-refractivity contribution in [3.8, 4) is 11.1 Å². The summed E-state index contributed by atoms with van der Waals surface area (Å²) in [4.78, 5) is 22.6. The minimum Gasteiger partial charge on any atom is -0.465 e. The minimum atomic E-state index is -1.41. The summed E-state index contributed by atoms with van der Waals surface area (Å²) in [6, 6.07) is 6.12. The number of methoxy groups -OCH3 is 1. The summed E-state index contributed by atoms with van der Waals surface area (Å²) in [6.07, 6.45) is -0.391. The highest BCUT2D eigenvalue weighted by atomic mass is 19.1. The van der Waals surface area contributed by atoms with E-state index in [1.807, 2.05) is 0 Å². The van der Waals surface area contributed by atoms with Crippen LogP contribution >= 0.6 is 0 Å². The third-order valence-corrected chi connectivity index (χ3v) is 2.81. The monoisotopic (exact) mass is 278 g/mol. The van der Waals surface area contributed by atoms with Gasteiger partial charge in [0.2, 0.25) is 0 Å². The van der Waals surface area contributed by atoms with Gasteiger partial charge in [0.15, 0.2) is 5.82 Å². The zero-order valence-electron chi connectivity index (χ0n) is 10.5. The fraction of sp³-hybridized carbons (Fsp3) is 0.0769. The van der Waals surface area contributed by atoms with Crippen LogP contribution in [0, 0.1) is 5.82 Å². The Kier molecular flexibility index (Phi) is 3.43. The van der Waals surface area contributed by atoms with Gasteiger partial charge in [0.25, 0.3) is 0 Å². The molecule has 0 bridgehead atoms. The topological polar surface area (TPSA) is 94.5 Å². The van der Waals surface area contributed by atoms with Gasteiger partial charge in [0.05, 0.1) is 12.7 Å². The van der Waals surface area contributed by atoms with E-state index >= 15 is 0 Å². The van der Waals surface area contributed by atoms with E-state index in [0.717, 1.165) is 6.20 Å². The number of rotatable bonds is 2. The number of anilines is 1. The number of aromatic nitrogens is 1. The second-order valence-corrected chi connectivity index (χ2v) is 3.93. The second-order valence-electron chi connectivity index (χ2n) is 3.93. The molecule has 0 unspecified atom stereocenters. The van der Waals surface area contributed by atoms with Crippen molar-refractivity contribution in [1.29, 1.82) is 0 Å². The smallest absolute Gasteiger partial charge is 0.417 e. The summed E-state index contributed by atoms with van der Waals surface area (Å²) in [5.74, 6) is -2.09. The van der Waals surface area contributed by atoms with E-state index in [1.165, 1.54) is 19.2 Å². The molecule has 0 aliphatic rings.